The number of benzene rings is 9. The highest BCUT2D eigenvalue weighted by Crippen LogP contribution is 2.47. The quantitative estimate of drug-likeness (QED) is 0.147. The molecule has 0 saturated heterocycles. The van der Waals surface area contributed by atoms with Gasteiger partial charge in [-0.25, -0.2) is 9.97 Å². The second kappa shape index (κ2) is 10.6. The van der Waals surface area contributed by atoms with Crippen LogP contribution in [-0.2, 0) is 0 Å². The van der Waals surface area contributed by atoms with Gasteiger partial charge in [0, 0.05) is 16.7 Å². The lowest BCUT2D eigenvalue weighted by Crippen LogP contribution is -1.98. The van der Waals surface area contributed by atoms with Gasteiger partial charge in [0.05, 0.1) is 11.4 Å². The molecule has 9 aromatic carbocycles. The Labute approximate surface area is 277 Å². The maximum atomic E-state index is 5.30. The predicted octanol–water partition coefficient (Wildman–Crippen LogP) is 12.3. The first-order valence-corrected chi connectivity index (χ1v) is 16.4. The lowest BCUT2D eigenvalue weighted by Gasteiger charge is -2.20. The Morgan fingerprint density at radius 2 is 0.771 bits per heavy atom. The van der Waals surface area contributed by atoms with Crippen molar-refractivity contribution in [3.05, 3.63) is 170 Å². The van der Waals surface area contributed by atoms with Gasteiger partial charge in [-0.2, -0.15) is 0 Å². The van der Waals surface area contributed by atoms with E-state index in [0.717, 1.165) is 44.7 Å². The van der Waals surface area contributed by atoms with Gasteiger partial charge in [-0.05, 0) is 71.1 Å². The minimum absolute atomic E-state index is 0.726. The topological polar surface area (TPSA) is 25.8 Å². The molecule has 2 nitrogen and oxygen atoms in total. The molecule has 48 heavy (non-hydrogen) atoms. The first-order chi connectivity index (χ1) is 23.8. The van der Waals surface area contributed by atoms with Gasteiger partial charge in [0.15, 0.2) is 5.82 Å². The molecule has 0 bridgehead atoms. The van der Waals surface area contributed by atoms with Crippen LogP contribution in [0.1, 0.15) is 0 Å². The molecule has 0 aliphatic rings. The molecular weight excluding hydrogens is 581 g/mol. The van der Waals surface area contributed by atoms with Crippen molar-refractivity contribution in [2.45, 2.75) is 0 Å². The minimum atomic E-state index is 0.726. The molecule has 0 unspecified atom stereocenters. The maximum Gasteiger partial charge on any atom is 0.161 e. The summed E-state index contributed by atoms with van der Waals surface area (Å²) in [5.74, 6) is 0.726. The highest BCUT2D eigenvalue weighted by molar-refractivity contribution is 6.29. The van der Waals surface area contributed by atoms with Gasteiger partial charge in [-0.3, -0.25) is 0 Å². The predicted molar refractivity (Wildman–Crippen MR) is 202 cm³/mol. The van der Waals surface area contributed by atoms with E-state index in [0.29, 0.717) is 0 Å². The molecule has 0 radical (unpaired) electrons. The van der Waals surface area contributed by atoms with Gasteiger partial charge in [-0.1, -0.05) is 164 Å². The Bertz CT molecular complexity index is 2690. The number of rotatable bonds is 4. The molecular formula is C46H28N2. The summed E-state index contributed by atoms with van der Waals surface area (Å²) in [5, 5.41) is 12.4. The van der Waals surface area contributed by atoms with Crippen molar-refractivity contribution in [1.82, 2.24) is 9.97 Å². The van der Waals surface area contributed by atoms with Crippen LogP contribution in [0, 0.1) is 0 Å². The highest BCUT2D eigenvalue weighted by Gasteiger charge is 2.21. The summed E-state index contributed by atoms with van der Waals surface area (Å²) in [6.45, 7) is 0. The average molecular weight is 609 g/mol. The van der Waals surface area contributed by atoms with E-state index in [9.17, 15) is 0 Å². The number of aromatic nitrogens is 2. The lowest BCUT2D eigenvalue weighted by atomic mass is 9.84. The molecule has 2 heteroatoms. The fraction of sp³-hybridized carbons (Fsp3) is 0. The van der Waals surface area contributed by atoms with Crippen molar-refractivity contribution < 1.29 is 0 Å². The van der Waals surface area contributed by atoms with Crippen LogP contribution in [0.15, 0.2) is 170 Å². The van der Waals surface area contributed by atoms with Crippen LogP contribution in [0.3, 0.4) is 0 Å². The van der Waals surface area contributed by atoms with Crippen molar-refractivity contribution in [1.29, 1.82) is 0 Å². The van der Waals surface area contributed by atoms with E-state index in [4.69, 9.17) is 9.97 Å². The smallest absolute Gasteiger partial charge is 0.161 e. The summed E-state index contributed by atoms with van der Waals surface area (Å²) >= 11 is 0. The largest absolute Gasteiger partial charge is 0.228 e. The van der Waals surface area contributed by atoms with Gasteiger partial charge in [0.1, 0.15) is 0 Å². The number of hydrogen-bond acceptors (Lipinski definition) is 2. The first kappa shape index (κ1) is 26.8. The number of fused-ring (bicyclic) bond motifs is 2. The third-order valence-electron chi connectivity index (χ3n) is 9.82. The third-order valence-corrected chi connectivity index (χ3v) is 9.82. The monoisotopic (exact) mass is 608 g/mol. The Balaban J connectivity index is 1.32. The molecule has 10 aromatic rings. The molecule has 0 saturated carbocycles. The van der Waals surface area contributed by atoms with Gasteiger partial charge < -0.3 is 0 Å². The average Bonchev–Trinajstić information content (AvgIpc) is 3.16. The fourth-order valence-electron chi connectivity index (χ4n) is 7.69. The summed E-state index contributed by atoms with van der Waals surface area (Å²) in [5.41, 5.74) is 7.48. The summed E-state index contributed by atoms with van der Waals surface area (Å²) in [6.07, 6.45) is 0. The van der Waals surface area contributed by atoms with Gasteiger partial charge in [0.2, 0.25) is 0 Å². The maximum absolute atomic E-state index is 5.30. The van der Waals surface area contributed by atoms with E-state index in [1.807, 2.05) is 12.1 Å². The van der Waals surface area contributed by atoms with Crippen molar-refractivity contribution >= 4 is 53.9 Å². The lowest BCUT2D eigenvalue weighted by molar-refractivity contribution is 1.19. The zero-order valence-electron chi connectivity index (χ0n) is 26.1. The van der Waals surface area contributed by atoms with Crippen molar-refractivity contribution in [2.75, 3.05) is 0 Å². The van der Waals surface area contributed by atoms with Crippen LogP contribution >= 0.6 is 0 Å². The van der Waals surface area contributed by atoms with Crippen molar-refractivity contribution in [3.63, 3.8) is 0 Å². The van der Waals surface area contributed by atoms with Crippen LogP contribution in [0.25, 0.3) is 98.9 Å². The Hall–Kier alpha value is -6.38. The zero-order valence-corrected chi connectivity index (χ0v) is 26.1. The van der Waals surface area contributed by atoms with Crippen molar-refractivity contribution in [3.8, 4) is 45.0 Å². The second-order valence-electron chi connectivity index (χ2n) is 12.5. The molecule has 0 aliphatic heterocycles. The van der Waals surface area contributed by atoms with Crippen LogP contribution in [0.2, 0.25) is 0 Å². The van der Waals surface area contributed by atoms with Crippen LogP contribution in [0.5, 0.6) is 0 Å². The molecule has 0 amide bonds. The standard InChI is InChI=1S/C46H28N2/c1-3-12-29(13-4-1)40-28-41(30-14-5-2-6-15-30)48-46(47-40)45-36-20-9-7-18-34(36)44(35-19-8-10-21-37(35)45)39-27-25-33-23-22-31-16-11-17-32-24-26-38(39)43(33)42(31)32/h1-28H. The van der Waals surface area contributed by atoms with Crippen LogP contribution in [-0.4, -0.2) is 9.97 Å². The second-order valence-corrected chi connectivity index (χ2v) is 12.5. The van der Waals surface area contributed by atoms with Crippen LogP contribution < -0.4 is 0 Å². The van der Waals surface area contributed by atoms with E-state index in [2.05, 4.69) is 158 Å². The Morgan fingerprint density at radius 3 is 1.33 bits per heavy atom. The highest BCUT2D eigenvalue weighted by atomic mass is 14.9. The molecule has 222 valence electrons. The number of nitrogens with zero attached hydrogens (tertiary/aromatic N) is 2. The molecule has 0 N–H and O–H groups in total. The first-order valence-electron chi connectivity index (χ1n) is 16.4. The zero-order chi connectivity index (χ0) is 31.6. The SMILES string of the molecule is c1ccc(-c2cc(-c3ccccc3)nc(-c3c4ccccc4c(-c4ccc5ccc6cccc7ccc4c5c67)c4ccccc34)n2)cc1. The van der Waals surface area contributed by atoms with Crippen molar-refractivity contribution in [2.24, 2.45) is 0 Å². The Morgan fingerprint density at radius 1 is 0.312 bits per heavy atom. The molecule has 10 rings (SSSR count). The summed E-state index contributed by atoms with van der Waals surface area (Å²) in [7, 11) is 0. The van der Waals surface area contributed by atoms with Crippen LogP contribution in [0.4, 0.5) is 0 Å². The van der Waals surface area contributed by atoms with Gasteiger partial charge in [0.25, 0.3) is 0 Å². The van der Waals surface area contributed by atoms with E-state index in [1.165, 1.54) is 54.2 Å². The van der Waals surface area contributed by atoms with Gasteiger partial charge >= 0.3 is 0 Å². The van der Waals surface area contributed by atoms with E-state index < -0.39 is 0 Å². The van der Waals surface area contributed by atoms with Gasteiger partial charge in [-0.15, -0.1) is 0 Å². The molecule has 1 aromatic heterocycles. The van der Waals surface area contributed by atoms with E-state index in [1.54, 1.807) is 0 Å². The summed E-state index contributed by atoms with van der Waals surface area (Å²) < 4.78 is 0. The molecule has 0 atom stereocenters. The summed E-state index contributed by atoms with van der Waals surface area (Å²) in [4.78, 5) is 10.6. The minimum Gasteiger partial charge on any atom is -0.228 e. The van der Waals surface area contributed by atoms with E-state index in [-0.39, 0.29) is 0 Å². The number of hydrogen-bond donors (Lipinski definition) is 0. The Kier molecular flexibility index (Phi) is 5.91. The normalized spacial score (nSPS) is 11.8. The summed E-state index contributed by atoms with van der Waals surface area (Å²) in [6, 6.07) is 60.8. The van der Waals surface area contributed by atoms with E-state index >= 15 is 0 Å². The molecule has 0 spiro atoms. The molecule has 1 heterocycles. The molecule has 0 aliphatic carbocycles. The fourth-order valence-corrected chi connectivity index (χ4v) is 7.69. The molecule has 0 fully saturated rings. The third kappa shape index (κ3) is 4.06.